The fraction of sp³-hybridized carbons (Fsp3) is 0.130. The van der Waals surface area contributed by atoms with Crippen LogP contribution in [0.25, 0.3) is 17.3 Å². The molecule has 2 aromatic heterocycles. The van der Waals surface area contributed by atoms with Crippen LogP contribution < -0.4 is 10.2 Å². The zero-order valence-electron chi connectivity index (χ0n) is 17.1. The lowest BCUT2D eigenvalue weighted by Crippen LogP contribution is -2.45. The fourth-order valence-electron chi connectivity index (χ4n) is 3.58. The number of thioether (sulfide) groups is 1. The van der Waals surface area contributed by atoms with Gasteiger partial charge in [0, 0.05) is 5.69 Å². The number of nitrogens with zero attached hydrogens (tertiary/aromatic N) is 4. The molecule has 1 aliphatic heterocycles. The minimum atomic E-state index is -0.509. The zero-order valence-corrected chi connectivity index (χ0v) is 18.0. The Labute approximate surface area is 188 Å². The maximum absolute atomic E-state index is 13.3. The molecule has 0 fully saturated rings. The van der Waals surface area contributed by atoms with Crippen molar-refractivity contribution in [2.24, 2.45) is 0 Å². The van der Waals surface area contributed by atoms with E-state index in [0.29, 0.717) is 28.1 Å². The summed E-state index contributed by atoms with van der Waals surface area (Å²) in [4.78, 5) is 27.0. The van der Waals surface area contributed by atoms with Gasteiger partial charge in [-0.25, -0.2) is 0 Å². The Kier molecular flexibility index (Phi) is 5.24. The zero-order chi connectivity index (χ0) is 22.1. The molecule has 5 rings (SSSR count). The molecule has 1 atom stereocenters. The van der Waals surface area contributed by atoms with E-state index in [1.165, 1.54) is 16.7 Å². The average molecular weight is 446 g/mol. The van der Waals surface area contributed by atoms with Crippen LogP contribution in [0.1, 0.15) is 6.92 Å². The summed E-state index contributed by atoms with van der Waals surface area (Å²) in [6, 6.07) is 20.5. The molecule has 0 aliphatic carbocycles. The average Bonchev–Trinajstić information content (AvgIpc) is 3.48. The van der Waals surface area contributed by atoms with E-state index in [9.17, 15) is 9.59 Å². The number of anilines is 2. The molecule has 0 saturated carbocycles. The van der Waals surface area contributed by atoms with Crippen LogP contribution >= 0.6 is 11.8 Å². The maximum atomic E-state index is 13.3. The summed E-state index contributed by atoms with van der Waals surface area (Å²) < 4.78 is 7.41. The van der Waals surface area contributed by atoms with Crippen LogP contribution in [0.4, 0.5) is 11.4 Å². The van der Waals surface area contributed by atoms with Gasteiger partial charge in [0.2, 0.25) is 17.6 Å². The fourth-order valence-corrected chi connectivity index (χ4v) is 4.51. The SMILES string of the molecule is C[C@H](Sc1nnc(-c2ccco2)n1-c1ccccc1)C(=O)N1CC(=O)Nc2ccccc21. The van der Waals surface area contributed by atoms with Gasteiger partial charge < -0.3 is 9.73 Å². The second-order valence-electron chi connectivity index (χ2n) is 7.20. The van der Waals surface area contributed by atoms with E-state index in [-0.39, 0.29) is 18.4 Å². The number of hydrogen-bond donors (Lipinski definition) is 1. The molecule has 160 valence electrons. The number of aromatic nitrogens is 3. The van der Waals surface area contributed by atoms with Crippen molar-refractivity contribution in [3.8, 4) is 17.3 Å². The summed E-state index contributed by atoms with van der Waals surface area (Å²) in [6.45, 7) is 1.78. The van der Waals surface area contributed by atoms with E-state index in [1.54, 1.807) is 25.3 Å². The molecule has 3 heterocycles. The monoisotopic (exact) mass is 445 g/mol. The van der Waals surface area contributed by atoms with Gasteiger partial charge in [0.25, 0.3) is 0 Å². The van der Waals surface area contributed by atoms with Crippen LogP contribution in [-0.4, -0.2) is 38.4 Å². The highest BCUT2D eigenvalue weighted by atomic mass is 32.2. The van der Waals surface area contributed by atoms with Crippen LogP contribution in [-0.2, 0) is 9.59 Å². The predicted molar refractivity (Wildman–Crippen MR) is 122 cm³/mol. The number of fused-ring (bicyclic) bond motifs is 1. The Bertz CT molecular complexity index is 1270. The largest absolute Gasteiger partial charge is 0.461 e. The first-order chi connectivity index (χ1) is 15.6. The summed E-state index contributed by atoms with van der Waals surface area (Å²) in [5.74, 6) is 0.723. The van der Waals surface area contributed by atoms with Gasteiger partial charge >= 0.3 is 0 Å². The Morgan fingerprint density at radius 1 is 1.06 bits per heavy atom. The third-order valence-corrected chi connectivity index (χ3v) is 6.09. The molecule has 32 heavy (non-hydrogen) atoms. The van der Waals surface area contributed by atoms with E-state index in [4.69, 9.17) is 4.42 Å². The molecule has 0 saturated heterocycles. The molecule has 0 spiro atoms. The number of carbonyl (C=O) groups is 2. The summed E-state index contributed by atoms with van der Waals surface area (Å²) in [5, 5.41) is 11.5. The van der Waals surface area contributed by atoms with Gasteiger partial charge in [0.15, 0.2) is 10.9 Å². The first-order valence-corrected chi connectivity index (χ1v) is 10.9. The number of para-hydroxylation sites is 3. The van der Waals surface area contributed by atoms with E-state index in [1.807, 2.05) is 59.2 Å². The summed E-state index contributed by atoms with van der Waals surface area (Å²) in [7, 11) is 0. The Hall–Kier alpha value is -3.85. The topological polar surface area (TPSA) is 93.3 Å². The predicted octanol–water partition coefficient (Wildman–Crippen LogP) is 3.99. The van der Waals surface area contributed by atoms with Crippen molar-refractivity contribution in [1.29, 1.82) is 0 Å². The van der Waals surface area contributed by atoms with Crippen LogP contribution in [0.15, 0.2) is 82.6 Å². The molecule has 0 bridgehead atoms. The minimum absolute atomic E-state index is 0.0240. The number of nitrogens with one attached hydrogen (secondary N) is 1. The second-order valence-corrected chi connectivity index (χ2v) is 8.51. The summed E-state index contributed by atoms with van der Waals surface area (Å²) in [6.07, 6.45) is 1.58. The highest BCUT2D eigenvalue weighted by Crippen LogP contribution is 2.34. The van der Waals surface area contributed by atoms with E-state index in [0.717, 1.165) is 5.69 Å². The molecular formula is C23H19N5O3S. The van der Waals surface area contributed by atoms with E-state index >= 15 is 0 Å². The molecule has 4 aromatic rings. The third kappa shape index (κ3) is 3.67. The molecule has 8 nitrogen and oxygen atoms in total. The Morgan fingerprint density at radius 3 is 2.62 bits per heavy atom. The van der Waals surface area contributed by atoms with Crippen LogP contribution in [0.2, 0.25) is 0 Å². The van der Waals surface area contributed by atoms with Crippen molar-refractivity contribution < 1.29 is 14.0 Å². The lowest BCUT2D eigenvalue weighted by molar-refractivity contribution is -0.121. The molecule has 1 N–H and O–H groups in total. The van der Waals surface area contributed by atoms with Gasteiger partial charge in [-0.15, -0.1) is 10.2 Å². The lowest BCUT2D eigenvalue weighted by Gasteiger charge is -2.30. The van der Waals surface area contributed by atoms with Gasteiger partial charge in [0.1, 0.15) is 6.54 Å². The lowest BCUT2D eigenvalue weighted by atomic mass is 10.2. The van der Waals surface area contributed by atoms with Crippen molar-refractivity contribution in [2.75, 3.05) is 16.8 Å². The smallest absolute Gasteiger partial charge is 0.244 e. The summed E-state index contributed by atoms with van der Waals surface area (Å²) >= 11 is 1.29. The van der Waals surface area contributed by atoms with Crippen LogP contribution in [0.3, 0.4) is 0 Å². The van der Waals surface area contributed by atoms with Crippen LogP contribution in [0, 0.1) is 0 Å². The molecule has 1 aliphatic rings. The molecule has 0 radical (unpaired) electrons. The molecular weight excluding hydrogens is 426 g/mol. The first-order valence-electron chi connectivity index (χ1n) is 10.0. The number of benzene rings is 2. The van der Waals surface area contributed by atoms with Gasteiger partial charge in [0.05, 0.1) is 22.9 Å². The van der Waals surface area contributed by atoms with Gasteiger partial charge in [-0.05, 0) is 43.3 Å². The minimum Gasteiger partial charge on any atom is -0.461 e. The van der Waals surface area contributed by atoms with E-state index < -0.39 is 5.25 Å². The number of carbonyl (C=O) groups excluding carboxylic acids is 2. The molecule has 0 unspecified atom stereocenters. The normalized spacial score (nSPS) is 14.0. The standard InChI is InChI=1S/C23H19N5O3S/c1-15(22(30)27-14-20(29)24-17-10-5-6-11-18(17)27)32-23-26-25-21(19-12-7-13-31-19)28(23)16-8-3-2-4-9-16/h2-13,15H,14H2,1H3,(H,24,29)/t15-/m0/s1. The van der Waals surface area contributed by atoms with Gasteiger partial charge in [-0.2, -0.15) is 0 Å². The van der Waals surface area contributed by atoms with Crippen molar-refractivity contribution in [3.63, 3.8) is 0 Å². The highest BCUT2D eigenvalue weighted by molar-refractivity contribution is 8.00. The van der Waals surface area contributed by atoms with Crippen molar-refractivity contribution >= 4 is 35.0 Å². The summed E-state index contributed by atoms with van der Waals surface area (Å²) in [5.41, 5.74) is 2.17. The Balaban J connectivity index is 1.47. The van der Waals surface area contributed by atoms with Crippen molar-refractivity contribution in [1.82, 2.24) is 14.8 Å². The number of amides is 2. The second kappa shape index (κ2) is 8.35. The highest BCUT2D eigenvalue weighted by Gasteiger charge is 2.31. The Morgan fingerprint density at radius 2 is 1.84 bits per heavy atom. The van der Waals surface area contributed by atoms with Gasteiger partial charge in [-0.1, -0.05) is 42.1 Å². The van der Waals surface area contributed by atoms with Crippen LogP contribution in [0.5, 0.6) is 0 Å². The molecule has 2 aromatic carbocycles. The number of rotatable bonds is 5. The quantitative estimate of drug-likeness (QED) is 0.467. The maximum Gasteiger partial charge on any atom is 0.244 e. The number of hydrogen-bond acceptors (Lipinski definition) is 6. The third-order valence-electron chi connectivity index (χ3n) is 5.06. The van der Waals surface area contributed by atoms with Crippen molar-refractivity contribution in [3.05, 3.63) is 73.0 Å². The molecule has 2 amide bonds. The van der Waals surface area contributed by atoms with Gasteiger partial charge in [-0.3, -0.25) is 19.1 Å². The number of furan rings is 1. The first kappa shape index (κ1) is 20.1. The van der Waals surface area contributed by atoms with E-state index in [2.05, 4.69) is 15.5 Å². The molecule has 9 heteroatoms. The van der Waals surface area contributed by atoms with Crippen molar-refractivity contribution in [2.45, 2.75) is 17.3 Å².